The lowest BCUT2D eigenvalue weighted by molar-refractivity contribution is 0.103. The summed E-state index contributed by atoms with van der Waals surface area (Å²) in [6.45, 7) is 5.22. The summed E-state index contributed by atoms with van der Waals surface area (Å²) < 4.78 is 1.90. The molecule has 1 heterocycles. The maximum Gasteiger partial charge on any atom is 0.0633 e. The zero-order valence-corrected chi connectivity index (χ0v) is 9.98. The van der Waals surface area contributed by atoms with Crippen LogP contribution in [0.1, 0.15) is 25.8 Å². The number of hydrogen-bond donors (Lipinski definition) is 3. The maximum atomic E-state index is 9.11. The summed E-state index contributed by atoms with van der Waals surface area (Å²) in [5.74, 6) is 0. The molecule has 0 bridgehead atoms. The van der Waals surface area contributed by atoms with Gasteiger partial charge in [0.05, 0.1) is 24.9 Å². The van der Waals surface area contributed by atoms with Gasteiger partial charge in [-0.25, -0.2) is 0 Å². The average molecular weight is 227 g/mol. The number of aryl methyl sites for hydroxylation is 1. The maximum absolute atomic E-state index is 9.11. The predicted octanol–water partition coefficient (Wildman–Crippen LogP) is 0.126. The van der Waals surface area contributed by atoms with Crippen molar-refractivity contribution in [3.63, 3.8) is 0 Å². The molecule has 0 aliphatic carbocycles. The molecule has 0 radical (unpaired) electrons. The minimum Gasteiger partial charge on any atom is -0.394 e. The topological polar surface area (TPSA) is 70.3 Å². The third-order valence-electron chi connectivity index (χ3n) is 2.56. The Hall–Kier alpha value is -0.910. The number of aliphatic hydroxyl groups excluding tert-OH is 2. The molecule has 0 unspecified atom stereocenters. The molecule has 16 heavy (non-hydrogen) atoms. The van der Waals surface area contributed by atoms with Crippen LogP contribution in [0.2, 0.25) is 0 Å². The molecule has 1 rings (SSSR count). The Morgan fingerprint density at radius 1 is 1.44 bits per heavy atom. The summed E-state index contributed by atoms with van der Waals surface area (Å²) in [4.78, 5) is 0. The third kappa shape index (κ3) is 3.59. The van der Waals surface area contributed by atoms with Gasteiger partial charge in [0.25, 0.3) is 0 Å². The Kier molecular flexibility index (Phi) is 4.92. The van der Waals surface area contributed by atoms with Crippen molar-refractivity contribution in [1.29, 1.82) is 0 Å². The Balaban J connectivity index is 2.47. The van der Waals surface area contributed by atoms with Crippen molar-refractivity contribution in [1.82, 2.24) is 15.1 Å². The molecule has 0 aliphatic heterocycles. The summed E-state index contributed by atoms with van der Waals surface area (Å²) in [5.41, 5.74) is 0.425. The highest BCUT2D eigenvalue weighted by molar-refractivity contribution is 5.04. The Morgan fingerprint density at radius 3 is 2.69 bits per heavy atom. The van der Waals surface area contributed by atoms with Crippen molar-refractivity contribution >= 4 is 0 Å². The number of hydrogen-bond acceptors (Lipinski definition) is 4. The van der Waals surface area contributed by atoms with Crippen LogP contribution in [0, 0.1) is 0 Å². The van der Waals surface area contributed by atoms with E-state index in [0.717, 1.165) is 18.5 Å². The lowest BCUT2D eigenvalue weighted by atomic mass is 10.1. The van der Waals surface area contributed by atoms with Crippen molar-refractivity contribution in [2.45, 2.75) is 38.9 Å². The van der Waals surface area contributed by atoms with Gasteiger partial charge in [0.15, 0.2) is 0 Å². The highest BCUT2D eigenvalue weighted by atomic mass is 16.3. The molecule has 0 spiro atoms. The van der Waals surface area contributed by atoms with Crippen LogP contribution in [0.4, 0.5) is 0 Å². The van der Waals surface area contributed by atoms with Crippen molar-refractivity contribution in [2.24, 2.45) is 0 Å². The molecule has 0 fully saturated rings. The molecule has 1 aromatic heterocycles. The number of nitrogens with zero attached hydrogens (tertiary/aromatic N) is 2. The molecule has 3 N–H and O–H groups in total. The Labute approximate surface area is 96.1 Å². The third-order valence-corrected chi connectivity index (χ3v) is 2.56. The molecule has 0 aliphatic rings. The summed E-state index contributed by atoms with van der Waals surface area (Å²) in [5, 5.41) is 25.5. The second-order valence-corrected chi connectivity index (χ2v) is 4.34. The van der Waals surface area contributed by atoms with Gasteiger partial charge in [0, 0.05) is 24.8 Å². The van der Waals surface area contributed by atoms with Crippen LogP contribution >= 0.6 is 0 Å². The van der Waals surface area contributed by atoms with Gasteiger partial charge < -0.3 is 15.5 Å². The number of aliphatic hydroxyl groups is 2. The number of aromatic nitrogens is 2. The van der Waals surface area contributed by atoms with E-state index in [4.69, 9.17) is 10.2 Å². The van der Waals surface area contributed by atoms with Crippen LogP contribution in [0.5, 0.6) is 0 Å². The zero-order valence-electron chi connectivity index (χ0n) is 9.98. The Bertz CT molecular complexity index is 308. The van der Waals surface area contributed by atoms with Gasteiger partial charge in [-0.2, -0.15) is 5.10 Å². The molecule has 0 saturated heterocycles. The monoisotopic (exact) mass is 227 g/mol. The fraction of sp³-hybridized carbons (Fsp3) is 0.727. The van der Waals surface area contributed by atoms with Crippen molar-refractivity contribution < 1.29 is 10.2 Å². The lowest BCUT2D eigenvalue weighted by Gasteiger charge is -2.25. The first-order valence-corrected chi connectivity index (χ1v) is 5.61. The quantitative estimate of drug-likeness (QED) is 0.619. The fourth-order valence-electron chi connectivity index (χ4n) is 1.33. The van der Waals surface area contributed by atoms with Crippen LogP contribution in [0.15, 0.2) is 12.4 Å². The van der Waals surface area contributed by atoms with E-state index in [1.807, 2.05) is 10.9 Å². The molecular formula is C11H21N3O2. The average Bonchev–Trinajstić information content (AvgIpc) is 2.74. The van der Waals surface area contributed by atoms with Gasteiger partial charge in [-0.15, -0.1) is 0 Å². The lowest BCUT2D eigenvalue weighted by Crippen LogP contribution is -2.48. The molecule has 1 aromatic rings. The smallest absolute Gasteiger partial charge is 0.0633 e. The summed E-state index contributed by atoms with van der Waals surface area (Å²) in [6, 6.07) is 0. The predicted molar refractivity (Wildman–Crippen MR) is 61.9 cm³/mol. The van der Waals surface area contributed by atoms with Gasteiger partial charge in [-0.05, 0) is 13.3 Å². The molecule has 92 valence electrons. The van der Waals surface area contributed by atoms with E-state index in [1.165, 1.54) is 0 Å². The largest absolute Gasteiger partial charge is 0.394 e. The molecule has 0 saturated carbocycles. The second kappa shape index (κ2) is 5.98. The molecule has 5 heteroatoms. The summed E-state index contributed by atoms with van der Waals surface area (Å²) >= 11 is 0. The fourth-order valence-corrected chi connectivity index (χ4v) is 1.33. The van der Waals surface area contributed by atoms with Crippen LogP contribution < -0.4 is 5.32 Å². The van der Waals surface area contributed by atoms with Crippen LogP contribution in [0.25, 0.3) is 0 Å². The SMILES string of the molecule is CCCn1cc(CNC(C)(CO)CO)cn1. The highest BCUT2D eigenvalue weighted by Crippen LogP contribution is 2.04. The second-order valence-electron chi connectivity index (χ2n) is 4.34. The zero-order chi connectivity index (χ0) is 12.0. The minimum atomic E-state index is -0.632. The minimum absolute atomic E-state index is 0.0907. The number of nitrogens with one attached hydrogen (secondary N) is 1. The van der Waals surface area contributed by atoms with Crippen molar-refractivity contribution in [3.05, 3.63) is 18.0 Å². The van der Waals surface area contributed by atoms with Crippen LogP contribution in [-0.2, 0) is 13.1 Å². The van der Waals surface area contributed by atoms with E-state index >= 15 is 0 Å². The first-order valence-electron chi connectivity index (χ1n) is 5.61. The standard InChI is InChI=1S/C11H21N3O2/c1-3-4-14-7-10(6-13-14)5-12-11(2,8-15)9-16/h6-7,12,15-16H,3-5,8-9H2,1-2H3. The van der Waals surface area contributed by atoms with E-state index < -0.39 is 5.54 Å². The van der Waals surface area contributed by atoms with Gasteiger partial charge >= 0.3 is 0 Å². The van der Waals surface area contributed by atoms with E-state index in [0.29, 0.717) is 6.54 Å². The highest BCUT2D eigenvalue weighted by Gasteiger charge is 2.21. The van der Waals surface area contributed by atoms with Crippen molar-refractivity contribution in [3.8, 4) is 0 Å². The number of rotatable bonds is 7. The van der Waals surface area contributed by atoms with E-state index in [1.54, 1.807) is 13.1 Å². The molecule has 0 amide bonds. The summed E-state index contributed by atoms with van der Waals surface area (Å²) in [7, 11) is 0. The van der Waals surface area contributed by atoms with E-state index in [9.17, 15) is 0 Å². The first kappa shape index (κ1) is 13.2. The van der Waals surface area contributed by atoms with Gasteiger partial charge in [0.1, 0.15) is 0 Å². The molecular weight excluding hydrogens is 206 g/mol. The van der Waals surface area contributed by atoms with Gasteiger partial charge in [-0.3, -0.25) is 4.68 Å². The van der Waals surface area contributed by atoms with E-state index in [2.05, 4.69) is 17.3 Å². The molecule has 5 nitrogen and oxygen atoms in total. The molecule has 0 aromatic carbocycles. The van der Waals surface area contributed by atoms with Gasteiger partial charge in [-0.1, -0.05) is 6.92 Å². The van der Waals surface area contributed by atoms with E-state index in [-0.39, 0.29) is 13.2 Å². The van der Waals surface area contributed by atoms with Gasteiger partial charge in [0.2, 0.25) is 0 Å². The van der Waals surface area contributed by atoms with Crippen molar-refractivity contribution in [2.75, 3.05) is 13.2 Å². The normalized spacial score (nSPS) is 12.0. The van der Waals surface area contributed by atoms with Crippen LogP contribution in [0.3, 0.4) is 0 Å². The summed E-state index contributed by atoms with van der Waals surface area (Å²) in [6.07, 6.45) is 4.84. The molecule has 0 atom stereocenters. The first-order chi connectivity index (χ1) is 7.63. The Morgan fingerprint density at radius 2 is 2.12 bits per heavy atom. The van der Waals surface area contributed by atoms with Crippen LogP contribution in [-0.4, -0.2) is 38.7 Å².